The van der Waals surface area contributed by atoms with Gasteiger partial charge in [0.1, 0.15) is 24.1 Å². The van der Waals surface area contributed by atoms with Crippen LogP contribution in [0.15, 0.2) is 23.2 Å². The summed E-state index contributed by atoms with van der Waals surface area (Å²) < 4.78 is 60.7. The minimum absolute atomic E-state index is 0.172. The van der Waals surface area contributed by atoms with Gasteiger partial charge in [-0.05, 0) is 18.2 Å². The van der Waals surface area contributed by atoms with E-state index in [1.807, 2.05) is 0 Å². The Hall–Kier alpha value is -1.99. The number of ether oxygens (including phenoxy) is 1. The number of aliphatic imine (C=N–C) groups is 1. The van der Waals surface area contributed by atoms with E-state index in [1.165, 1.54) is 12.1 Å². The van der Waals surface area contributed by atoms with Crippen molar-refractivity contribution in [3.63, 3.8) is 0 Å². The highest BCUT2D eigenvalue weighted by Crippen LogP contribution is 2.53. The number of amidine groups is 1. The van der Waals surface area contributed by atoms with Gasteiger partial charge in [-0.15, -0.1) is 0 Å². The first-order valence-corrected chi connectivity index (χ1v) is 6.79. The summed E-state index contributed by atoms with van der Waals surface area (Å²) in [5.74, 6) is -4.82. The van der Waals surface area contributed by atoms with Crippen LogP contribution in [0.25, 0.3) is 0 Å². The van der Waals surface area contributed by atoms with Gasteiger partial charge >= 0.3 is 0 Å². The highest BCUT2D eigenvalue weighted by atomic mass is 19.3. The van der Waals surface area contributed by atoms with Crippen molar-refractivity contribution in [1.29, 1.82) is 0 Å². The predicted molar refractivity (Wildman–Crippen MR) is 72.6 cm³/mol. The Morgan fingerprint density at radius 1 is 1.27 bits per heavy atom. The molecule has 4 nitrogen and oxygen atoms in total. The molecule has 0 spiro atoms. The van der Waals surface area contributed by atoms with Gasteiger partial charge < -0.3 is 16.2 Å². The minimum atomic E-state index is -3.04. The average molecular weight is 317 g/mol. The van der Waals surface area contributed by atoms with Crippen molar-refractivity contribution >= 4 is 11.7 Å². The molecule has 1 aromatic carbocycles. The summed E-state index contributed by atoms with van der Waals surface area (Å²) in [5, 5.41) is 0. The summed E-state index contributed by atoms with van der Waals surface area (Å²) in [4.78, 5) is 3.88. The molecule has 3 rings (SSSR count). The second-order valence-electron chi connectivity index (χ2n) is 5.77. The van der Waals surface area contributed by atoms with Gasteiger partial charge in [-0.2, -0.15) is 0 Å². The third-order valence-corrected chi connectivity index (χ3v) is 4.32. The topological polar surface area (TPSA) is 73.6 Å². The molecule has 0 amide bonds. The van der Waals surface area contributed by atoms with Crippen LogP contribution in [0, 0.1) is 11.7 Å². The summed E-state index contributed by atoms with van der Waals surface area (Å²) in [6.07, 6.45) is -2.25. The molecule has 8 heteroatoms. The van der Waals surface area contributed by atoms with Crippen molar-refractivity contribution in [2.75, 3.05) is 12.4 Å². The van der Waals surface area contributed by atoms with Crippen molar-refractivity contribution in [3.8, 4) is 0 Å². The number of fused-ring (bicyclic) bond motifs is 1. The minimum Gasteiger partial charge on any atom is -0.461 e. The molecule has 0 bridgehead atoms. The van der Waals surface area contributed by atoms with Crippen LogP contribution in [0.3, 0.4) is 0 Å². The molecule has 1 fully saturated rings. The number of hydrogen-bond acceptors (Lipinski definition) is 4. The maximum atomic E-state index is 14.2. The van der Waals surface area contributed by atoms with Gasteiger partial charge in [0.25, 0.3) is 11.9 Å². The maximum absolute atomic E-state index is 14.2. The standard InChI is InChI=1S/C14H15F4N3O/c15-6-14(8-3-7(19)1-2-10(8)16)9-4-13(17,18)5-11(9)22-12(20)21-14/h1-3,9,11H,4-6,19H2,(H2,20,21)/t9-,11+,14+/m0/s1. The van der Waals surface area contributed by atoms with Gasteiger partial charge in [0, 0.05) is 30.0 Å². The van der Waals surface area contributed by atoms with E-state index in [0.717, 1.165) is 6.07 Å². The third-order valence-electron chi connectivity index (χ3n) is 4.32. The smallest absolute Gasteiger partial charge is 0.283 e. The fourth-order valence-corrected chi connectivity index (χ4v) is 3.37. The van der Waals surface area contributed by atoms with Crippen LogP contribution in [0.4, 0.5) is 23.2 Å². The second-order valence-corrected chi connectivity index (χ2v) is 5.77. The van der Waals surface area contributed by atoms with Crippen LogP contribution >= 0.6 is 0 Å². The molecule has 0 aromatic heterocycles. The van der Waals surface area contributed by atoms with Crippen molar-refractivity contribution in [2.45, 2.75) is 30.4 Å². The lowest BCUT2D eigenvalue weighted by atomic mass is 9.76. The fraction of sp³-hybridized carbons (Fsp3) is 0.500. The van der Waals surface area contributed by atoms with Gasteiger partial charge in [-0.25, -0.2) is 22.6 Å². The van der Waals surface area contributed by atoms with Crippen molar-refractivity contribution in [1.82, 2.24) is 0 Å². The first kappa shape index (κ1) is 14.9. The van der Waals surface area contributed by atoms with Crippen molar-refractivity contribution in [3.05, 3.63) is 29.6 Å². The lowest BCUT2D eigenvalue weighted by Crippen LogP contribution is -2.48. The zero-order valence-electron chi connectivity index (χ0n) is 11.5. The second kappa shape index (κ2) is 4.76. The first-order valence-electron chi connectivity index (χ1n) is 6.79. The van der Waals surface area contributed by atoms with Gasteiger partial charge in [0.2, 0.25) is 0 Å². The molecule has 1 heterocycles. The van der Waals surface area contributed by atoms with E-state index in [-0.39, 0.29) is 11.3 Å². The fourth-order valence-electron chi connectivity index (χ4n) is 3.37. The number of nitrogens with two attached hydrogens (primary N) is 2. The summed E-state index contributed by atoms with van der Waals surface area (Å²) in [6.45, 7) is -1.17. The Labute approximate surface area is 124 Å². The van der Waals surface area contributed by atoms with Crippen LogP contribution in [0.5, 0.6) is 0 Å². The van der Waals surface area contributed by atoms with Crippen LogP contribution < -0.4 is 11.5 Å². The Kier molecular flexibility index (Phi) is 3.23. The van der Waals surface area contributed by atoms with E-state index >= 15 is 0 Å². The molecule has 0 radical (unpaired) electrons. The predicted octanol–water partition coefficient (Wildman–Crippen LogP) is 2.33. The largest absolute Gasteiger partial charge is 0.461 e. The average Bonchev–Trinajstić information content (AvgIpc) is 2.75. The van der Waals surface area contributed by atoms with Gasteiger partial charge in [-0.3, -0.25) is 0 Å². The summed E-state index contributed by atoms with van der Waals surface area (Å²) in [6, 6.07) is 3.16. The maximum Gasteiger partial charge on any atom is 0.283 e. The molecular weight excluding hydrogens is 302 g/mol. The van der Waals surface area contributed by atoms with Crippen LogP contribution in [-0.4, -0.2) is 24.7 Å². The van der Waals surface area contributed by atoms with Crippen LogP contribution in [-0.2, 0) is 10.3 Å². The van der Waals surface area contributed by atoms with Gasteiger partial charge in [0.15, 0.2) is 0 Å². The van der Waals surface area contributed by atoms with Gasteiger partial charge in [-0.1, -0.05) is 0 Å². The number of halogens is 4. The molecular formula is C14H15F4N3O. The third kappa shape index (κ3) is 2.17. The SMILES string of the molecule is NC1=N[C@](CF)(c2cc(N)ccc2F)[C@H]2CC(F)(F)C[C@H]2O1. The lowest BCUT2D eigenvalue weighted by molar-refractivity contribution is -0.00299. The van der Waals surface area contributed by atoms with Crippen molar-refractivity contribution < 1.29 is 22.3 Å². The van der Waals surface area contributed by atoms with E-state index in [1.54, 1.807) is 0 Å². The number of nitrogen functional groups attached to an aromatic ring is 1. The number of nitrogens with zero attached hydrogens (tertiary/aromatic N) is 1. The number of hydrogen-bond donors (Lipinski definition) is 2. The molecule has 1 aliphatic heterocycles. The Morgan fingerprint density at radius 2 is 2.00 bits per heavy atom. The molecule has 3 atom stereocenters. The lowest BCUT2D eigenvalue weighted by Gasteiger charge is -2.40. The van der Waals surface area contributed by atoms with Gasteiger partial charge in [0.05, 0.1) is 0 Å². The molecule has 1 saturated carbocycles. The molecule has 2 aliphatic rings. The summed E-state index contributed by atoms with van der Waals surface area (Å²) in [5.41, 5.74) is 9.32. The zero-order valence-corrected chi connectivity index (χ0v) is 11.5. The zero-order chi connectivity index (χ0) is 16.1. The normalized spacial score (nSPS) is 33.0. The van der Waals surface area contributed by atoms with Crippen LogP contribution in [0.2, 0.25) is 0 Å². The summed E-state index contributed by atoms with van der Waals surface area (Å²) >= 11 is 0. The molecule has 4 N–H and O–H groups in total. The van der Waals surface area contributed by atoms with E-state index < -0.39 is 54.8 Å². The highest BCUT2D eigenvalue weighted by molar-refractivity contribution is 5.73. The van der Waals surface area contributed by atoms with E-state index in [9.17, 15) is 17.6 Å². The molecule has 120 valence electrons. The number of alkyl halides is 3. The van der Waals surface area contributed by atoms with E-state index in [0.29, 0.717) is 0 Å². The number of rotatable bonds is 2. The Morgan fingerprint density at radius 3 is 2.68 bits per heavy atom. The molecule has 1 aromatic rings. The highest BCUT2D eigenvalue weighted by Gasteiger charge is 2.60. The molecule has 0 saturated heterocycles. The molecule has 0 unspecified atom stereocenters. The van der Waals surface area contributed by atoms with E-state index in [4.69, 9.17) is 16.2 Å². The Balaban J connectivity index is 2.17. The number of anilines is 1. The van der Waals surface area contributed by atoms with Crippen LogP contribution in [0.1, 0.15) is 18.4 Å². The summed E-state index contributed by atoms with van der Waals surface area (Å²) in [7, 11) is 0. The molecule has 1 aliphatic carbocycles. The Bertz CT molecular complexity index is 637. The quantitative estimate of drug-likeness (QED) is 0.649. The first-order chi connectivity index (χ1) is 10.3. The van der Waals surface area contributed by atoms with Crippen molar-refractivity contribution in [2.24, 2.45) is 16.6 Å². The van der Waals surface area contributed by atoms with E-state index in [2.05, 4.69) is 4.99 Å². The monoisotopic (exact) mass is 317 g/mol. The molecule has 22 heavy (non-hydrogen) atoms. The number of benzene rings is 1.